The lowest BCUT2D eigenvalue weighted by atomic mass is 10.2. The molecule has 2 aromatic rings. The highest BCUT2D eigenvalue weighted by atomic mass is 127. The van der Waals surface area contributed by atoms with Gasteiger partial charge in [-0.3, -0.25) is 0 Å². The number of aliphatic imine (C=N–C) groups is 1. The van der Waals surface area contributed by atoms with Crippen LogP contribution in [-0.4, -0.2) is 26.2 Å². The first kappa shape index (κ1) is 20.6. The van der Waals surface area contributed by atoms with Gasteiger partial charge in [-0.2, -0.15) is 0 Å². The van der Waals surface area contributed by atoms with Gasteiger partial charge in [0.2, 0.25) is 0 Å². The Hall–Kier alpha value is -1.48. The third kappa shape index (κ3) is 6.20. The fourth-order valence-corrected chi connectivity index (χ4v) is 2.65. The van der Waals surface area contributed by atoms with Gasteiger partial charge < -0.3 is 20.1 Å². The molecule has 0 atom stereocenters. The van der Waals surface area contributed by atoms with Gasteiger partial charge in [0, 0.05) is 23.2 Å². The summed E-state index contributed by atoms with van der Waals surface area (Å²) in [5.74, 6) is 2.18. The molecular formula is C17H24IN3O2S. The highest BCUT2D eigenvalue weighted by molar-refractivity contribution is 14.0. The number of hydrogen-bond acceptors (Lipinski definition) is 4. The summed E-state index contributed by atoms with van der Waals surface area (Å²) in [4.78, 5) is 5.83. The van der Waals surface area contributed by atoms with Crippen LogP contribution < -0.4 is 20.1 Å². The first-order chi connectivity index (χ1) is 11.3. The highest BCUT2D eigenvalue weighted by Crippen LogP contribution is 2.30. The van der Waals surface area contributed by atoms with Gasteiger partial charge in [0.15, 0.2) is 17.5 Å². The zero-order chi connectivity index (χ0) is 16.5. The molecule has 2 rings (SSSR count). The van der Waals surface area contributed by atoms with E-state index in [2.05, 4.69) is 27.1 Å². The van der Waals surface area contributed by atoms with Gasteiger partial charge in [-0.05, 0) is 37.4 Å². The molecular weight excluding hydrogens is 437 g/mol. The SMILES string of the molecule is CCNC(=NCc1cccs1)Nc1ccc(OCC)c(OC)c1.I. The molecule has 0 aliphatic rings. The summed E-state index contributed by atoms with van der Waals surface area (Å²) in [6.45, 7) is 6.05. The number of ether oxygens (including phenoxy) is 2. The van der Waals surface area contributed by atoms with E-state index < -0.39 is 0 Å². The standard InChI is InChI=1S/C17H23N3O2S.HI/c1-4-18-17(19-12-14-7-6-10-23-14)20-13-8-9-15(22-5-2)16(11-13)21-3;/h6-11H,4-5,12H2,1-3H3,(H2,18,19,20);1H. The summed E-state index contributed by atoms with van der Waals surface area (Å²) in [6.07, 6.45) is 0. The minimum Gasteiger partial charge on any atom is -0.493 e. The van der Waals surface area contributed by atoms with E-state index in [0.717, 1.165) is 23.9 Å². The maximum Gasteiger partial charge on any atom is 0.196 e. The third-order valence-corrected chi connectivity index (χ3v) is 3.90. The molecule has 0 fully saturated rings. The van der Waals surface area contributed by atoms with E-state index in [0.29, 0.717) is 18.9 Å². The van der Waals surface area contributed by atoms with Crippen LogP contribution in [0.15, 0.2) is 40.7 Å². The van der Waals surface area contributed by atoms with Crippen molar-refractivity contribution in [3.63, 3.8) is 0 Å². The van der Waals surface area contributed by atoms with Gasteiger partial charge in [0.25, 0.3) is 0 Å². The zero-order valence-electron chi connectivity index (χ0n) is 14.2. The fourth-order valence-electron chi connectivity index (χ4n) is 2.02. The summed E-state index contributed by atoms with van der Waals surface area (Å²) >= 11 is 1.70. The smallest absolute Gasteiger partial charge is 0.196 e. The Morgan fingerprint density at radius 1 is 1.21 bits per heavy atom. The van der Waals surface area contributed by atoms with E-state index in [4.69, 9.17) is 9.47 Å². The summed E-state index contributed by atoms with van der Waals surface area (Å²) < 4.78 is 10.9. The molecule has 0 amide bonds. The quantitative estimate of drug-likeness (QED) is 0.366. The topological polar surface area (TPSA) is 54.9 Å². The van der Waals surface area contributed by atoms with Crippen LogP contribution in [0.2, 0.25) is 0 Å². The molecule has 132 valence electrons. The number of benzene rings is 1. The number of methoxy groups -OCH3 is 1. The van der Waals surface area contributed by atoms with Crippen molar-refractivity contribution in [2.24, 2.45) is 4.99 Å². The first-order valence-electron chi connectivity index (χ1n) is 7.65. The molecule has 2 N–H and O–H groups in total. The van der Waals surface area contributed by atoms with Gasteiger partial charge in [0.05, 0.1) is 20.3 Å². The van der Waals surface area contributed by atoms with E-state index >= 15 is 0 Å². The second kappa shape index (κ2) is 11.1. The maximum atomic E-state index is 5.53. The molecule has 0 aliphatic carbocycles. The highest BCUT2D eigenvalue weighted by Gasteiger charge is 2.07. The molecule has 0 radical (unpaired) electrons. The maximum absolute atomic E-state index is 5.53. The minimum absolute atomic E-state index is 0. The molecule has 0 unspecified atom stereocenters. The normalized spacial score (nSPS) is 10.7. The Morgan fingerprint density at radius 2 is 2.04 bits per heavy atom. The molecule has 5 nitrogen and oxygen atoms in total. The molecule has 1 aromatic carbocycles. The Balaban J connectivity index is 0.00000288. The predicted molar refractivity (Wildman–Crippen MR) is 112 cm³/mol. The third-order valence-electron chi connectivity index (χ3n) is 3.04. The van der Waals surface area contributed by atoms with Gasteiger partial charge in [0.1, 0.15) is 0 Å². The monoisotopic (exact) mass is 461 g/mol. The number of nitrogens with one attached hydrogen (secondary N) is 2. The molecule has 24 heavy (non-hydrogen) atoms. The zero-order valence-corrected chi connectivity index (χ0v) is 17.3. The van der Waals surface area contributed by atoms with Crippen LogP contribution in [0.25, 0.3) is 0 Å². The Kier molecular flexibility index (Phi) is 9.55. The molecule has 1 heterocycles. The van der Waals surface area contributed by atoms with Crippen molar-refractivity contribution in [3.8, 4) is 11.5 Å². The van der Waals surface area contributed by atoms with Crippen molar-refractivity contribution >= 4 is 47.0 Å². The van der Waals surface area contributed by atoms with Crippen LogP contribution in [-0.2, 0) is 6.54 Å². The minimum atomic E-state index is 0. The number of rotatable bonds is 7. The Labute approximate surface area is 164 Å². The number of thiophene rings is 1. The van der Waals surface area contributed by atoms with Crippen molar-refractivity contribution in [3.05, 3.63) is 40.6 Å². The van der Waals surface area contributed by atoms with Crippen molar-refractivity contribution < 1.29 is 9.47 Å². The fraction of sp³-hybridized carbons (Fsp3) is 0.353. The summed E-state index contributed by atoms with van der Waals surface area (Å²) in [6, 6.07) is 9.87. The van der Waals surface area contributed by atoms with Crippen LogP contribution >= 0.6 is 35.3 Å². The molecule has 1 aromatic heterocycles. The Morgan fingerprint density at radius 3 is 2.67 bits per heavy atom. The molecule has 0 bridgehead atoms. The van der Waals surface area contributed by atoms with E-state index in [-0.39, 0.29) is 24.0 Å². The molecule has 0 aliphatic heterocycles. The lowest BCUT2D eigenvalue weighted by molar-refractivity contribution is 0.311. The lowest BCUT2D eigenvalue weighted by Gasteiger charge is -2.14. The summed E-state index contributed by atoms with van der Waals surface area (Å²) in [7, 11) is 1.64. The number of halogens is 1. The number of nitrogens with zero attached hydrogens (tertiary/aromatic N) is 1. The van der Waals surface area contributed by atoms with Crippen molar-refractivity contribution in [1.82, 2.24) is 5.32 Å². The van der Waals surface area contributed by atoms with Gasteiger partial charge in [-0.25, -0.2) is 4.99 Å². The number of guanidine groups is 1. The van der Waals surface area contributed by atoms with E-state index in [1.807, 2.05) is 38.1 Å². The van der Waals surface area contributed by atoms with Crippen LogP contribution in [0.1, 0.15) is 18.7 Å². The van der Waals surface area contributed by atoms with Gasteiger partial charge in [-0.1, -0.05) is 6.07 Å². The second-order valence-electron chi connectivity index (χ2n) is 4.70. The van der Waals surface area contributed by atoms with Crippen LogP contribution in [0.3, 0.4) is 0 Å². The first-order valence-corrected chi connectivity index (χ1v) is 8.53. The molecule has 7 heteroatoms. The predicted octanol–water partition coefficient (Wildman–Crippen LogP) is 4.35. The average Bonchev–Trinajstić information content (AvgIpc) is 3.08. The number of anilines is 1. The van der Waals surface area contributed by atoms with Crippen molar-refractivity contribution in [1.29, 1.82) is 0 Å². The van der Waals surface area contributed by atoms with Gasteiger partial charge >= 0.3 is 0 Å². The average molecular weight is 461 g/mol. The van der Waals surface area contributed by atoms with Crippen LogP contribution in [0.5, 0.6) is 11.5 Å². The molecule has 0 spiro atoms. The lowest BCUT2D eigenvalue weighted by Crippen LogP contribution is -2.30. The number of hydrogen-bond donors (Lipinski definition) is 2. The molecule has 0 saturated carbocycles. The van der Waals surface area contributed by atoms with Gasteiger partial charge in [-0.15, -0.1) is 35.3 Å². The van der Waals surface area contributed by atoms with E-state index in [1.165, 1.54) is 4.88 Å². The van der Waals surface area contributed by atoms with Crippen LogP contribution in [0.4, 0.5) is 5.69 Å². The van der Waals surface area contributed by atoms with E-state index in [9.17, 15) is 0 Å². The van der Waals surface area contributed by atoms with E-state index in [1.54, 1.807) is 18.4 Å². The summed E-state index contributed by atoms with van der Waals surface area (Å²) in [5.41, 5.74) is 0.899. The van der Waals surface area contributed by atoms with Crippen molar-refractivity contribution in [2.45, 2.75) is 20.4 Å². The largest absolute Gasteiger partial charge is 0.493 e. The second-order valence-corrected chi connectivity index (χ2v) is 5.73. The summed E-state index contributed by atoms with van der Waals surface area (Å²) in [5, 5.41) is 8.59. The molecule has 0 saturated heterocycles. The Bertz CT molecular complexity index is 633. The van der Waals surface area contributed by atoms with Crippen LogP contribution in [0, 0.1) is 0 Å². The van der Waals surface area contributed by atoms with Crippen molar-refractivity contribution in [2.75, 3.05) is 25.6 Å².